The summed E-state index contributed by atoms with van der Waals surface area (Å²) in [6.45, 7) is 5.37. The largest absolute Gasteiger partial charge is 0.481 e. The van der Waals surface area contributed by atoms with Crippen molar-refractivity contribution in [2.75, 3.05) is 5.32 Å². The lowest BCUT2D eigenvalue weighted by Crippen LogP contribution is -2.27. The number of hydrogen-bond acceptors (Lipinski definition) is 3. The van der Waals surface area contributed by atoms with Crippen LogP contribution in [-0.2, 0) is 9.53 Å². The van der Waals surface area contributed by atoms with Crippen molar-refractivity contribution in [2.45, 2.75) is 38.7 Å². The number of ether oxygens (including phenoxy) is 1. The maximum Gasteiger partial charge on any atom is 0.412 e. The summed E-state index contributed by atoms with van der Waals surface area (Å²) in [6.07, 6.45) is 0.0833. The first-order chi connectivity index (χ1) is 9.28. The number of amides is 1. The molecule has 0 saturated heterocycles. The number of para-hydroxylation sites is 1. The standard InChI is InChI=1S/C15H19NO4/c1-15(2,3)20-14(19)16-12-7-5-4-6-9(12)10-8-11(10)13(17)18/h4-7,10-11H,8H2,1-3H3,(H,16,19)(H,17,18). The molecule has 1 aromatic rings. The molecule has 1 amide bonds. The molecule has 20 heavy (non-hydrogen) atoms. The molecule has 0 aromatic heterocycles. The lowest BCUT2D eigenvalue weighted by molar-refractivity contribution is -0.138. The van der Waals surface area contributed by atoms with Crippen LogP contribution in [0, 0.1) is 5.92 Å². The Hall–Kier alpha value is -2.04. The zero-order valence-electron chi connectivity index (χ0n) is 11.8. The van der Waals surface area contributed by atoms with Gasteiger partial charge in [0.25, 0.3) is 0 Å². The third-order valence-corrected chi connectivity index (χ3v) is 3.10. The normalized spacial score (nSPS) is 21.1. The minimum absolute atomic E-state index is 0.0290. The molecule has 0 bridgehead atoms. The van der Waals surface area contributed by atoms with E-state index in [-0.39, 0.29) is 11.8 Å². The van der Waals surface area contributed by atoms with Gasteiger partial charge < -0.3 is 9.84 Å². The number of carbonyl (C=O) groups is 2. The summed E-state index contributed by atoms with van der Waals surface area (Å²) in [4.78, 5) is 22.7. The van der Waals surface area contributed by atoms with Gasteiger partial charge in [0.05, 0.1) is 5.92 Å². The van der Waals surface area contributed by atoms with Crippen molar-refractivity contribution in [3.05, 3.63) is 29.8 Å². The molecule has 5 nitrogen and oxygen atoms in total. The maximum atomic E-state index is 11.8. The van der Waals surface area contributed by atoms with Crippen LogP contribution in [-0.4, -0.2) is 22.8 Å². The zero-order valence-corrected chi connectivity index (χ0v) is 11.8. The second kappa shape index (κ2) is 5.15. The molecule has 108 valence electrons. The van der Waals surface area contributed by atoms with E-state index in [4.69, 9.17) is 9.84 Å². The summed E-state index contributed by atoms with van der Waals surface area (Å²) < 4.78 is 5.20. The highest BCUT2D eigenvalue weighted by Gasteiger charge is 2.45. The predicted octanol–water partition coefficient (Wildman–Crippen LogP) is 3.22. The van der Waals surface area contributed by atoms with Gasteiger partial charge in [-0.15, -0.1) is 0 Å². The molecule has 2 N–H and O–H groups in total. The molecule has 1 aromatic carbocycles. The number of benzene rings is 1. The smallest absolute Gasteiger partial charge is 0.412 e. The number of carboxylic acid groups (broad SMARTS) is 1. The molecule has 0 spiro atoms. The van der Waals surface area contributed by atoms with Gasteiger partial charge in [0, 0.05) is 11.6 Å². The molecular formula is C15H19NO4. The number of aliphatic carboxylic acids is 1. The molecule has 1 fully saturated rings. The molecule has 2 unspecified atom stereocenters. The molecule has 5 heteroatoms. The van der Waals surface area contributed by atoms with E-state index in [2.05, 4.69) is 5.32 Å². The summed E-state index contributed by atoms with van der Waals surface area (Å²) in [5.41, 5.74) is 0.906. The Morgan fingerprint density at radius 2 is 1.95 bits per heavy atom. The highest BCUT2D eigenvalue weighted by molar-refractivity contribution is 5.87. The highest BCUT2D eigenvalue weighted by Crippen LogP contribution is 2.49. The third kappa shape index (κ3) is 3.50. The van der Waals surface area contributed by atoms with Crippen molar-refractivity contribution in [3.8, 4) is 0 Å². The minimum atomic E-state index is -0.790. The number of rotatable bonds is 3. The van der Waals surface area contributed by atoms with E-state index < -0.39 is 17.7 Å². The highest BCUT2D eigenvalue weighted by atomic mass is 16.6. The fraction of sp³-hybridized carbons (Fsp3) is 0.467. The summed E-state index contributed by atoms with van der Waals surface area (Å²) in [7, 11) is 0. The average Bonchev–Trinajstić information content (AvgIpc) is 3.06. The number of nitrogens with one attached hydrogen (secondary N) is 1. The minimum Gasteiger partial charge on any atom is -0.481 e. The first kappa shape index (κ1) is 14.4. The Morgan fingerprint density at radius 3 is 2.50 bits per heavy atom. The second-order valence-corrected chi connectivity index (χ2v) is 6.00. The number of carbonyl (C=O) groups excluding carboxylic acids is 1. The van der Waals surface area contributed by atoms with Crippen LogP contribution in [0.2, 0.25) is 0 Å². The SMILES string of the molecule is CC(C)(C)OC(=O)Nc1ccccc1C1CC1C(=O)O. The van der Waals surface area contributed by atoms with E-state index in [1.165, 1.54) is 0 Å². The number of anilines is 1. The van der Waals surface area contributed by atoms with Crippen molar-refractivity contribution in [1.82, 2.24) is 0 Å². The van der Waals surface area contributed by atoms with E-state index in [0.29, 0.717) is 12.1 Å². The first-order valence-electron chi connectivity index (χ1n) is 6.59. The summed E-state index contributed by atoms with van der Waals surface area (Å²) >= 11 is 0. The van der Waals surface area contributed by atoms with Crippen LogP contribution in [0.15, 0.2) is 24.3 Å². The van der Waals surface area contributed by atoms with Crippen LogP contribution in [0.4, 0.5) is 10.5 Å². The van der Waals surface area contributed by atoms with E-state index in [0.717, 1.165) is 5.56 Å². The van der Waals surface area contributed by atoms with Crippen LogP contribution in [0.5, 0.6) is 0 Å². The second-order valence-electron chi connectivity index (χ2n) is 6.00. The van der Waals surface area contributed by atoms with E-state index in [1.807, 2.05) is 12.1 Å². The Labute approximate surface area is 117 Å². The fourth-order valence-electron chi connectivity index (χ4n) is 2.16. The summed E-state index contributed by atoms with van der Waals surface area (Å²) in [5.74, 6) is -1.17. The van der Waals surface area contributed by atoms with Gasteiger partial charge in [0.1, 0.15) is 5.60 Å². The molecule has 1 saturated carbocycles. The Bertz CT molecular complexity index is 533. The lowest BCUT2D eigenvalue weighted by Gasteiger charge is -2.20. The topological polar surface area (TPSA) is 75.6 Å². The van der Waals surface area contributed by atoms with Crippen LogP contribution in [0.1, 0.15) is 38.7 Å². The quantitative estimate of drug-likeness (QED) is 0.889. The van der Waals surface area contributed by atoms with Gasteiger partial charge in [-0.05, 0) is 38.8 Å². The number of hydrogen-bond donors (Lipinski definition) is 2. The van der Waals surface area contributed by atoms with Crippen LogP contribution >= 0.6 is 0 Å². The van der Waals surface area contributed by atoms with Crippen LogP contribution < -0.4 is 5.32 Å². The molecule has 2 rings (SSSR count). The number of carboxylic acids is 1. The molecule has 1 aliphatic carbocycles. The lowest BCUT2D eigenvalue weighted by atomic mass is 10.1. The Morgan fingerprint density at radius 1 is 1.30 bits per heavy atom. The van der Waals surface area contributed by atoms with Crippen molar-refractivity contribution in [1.29, 1.82) is 0 Å². The molecule has 0 aliphatic heterocycles. The predicted molar refractivity (Wildman–Crippen MR) is 74.8 cm³/mol. The van der Waals surface area contributed by atoms with Crippen LogP contribution in [0.3, 0.4) is 0 Å². The molecular weight excluding hydrogens is 258 g/mol. The maximum absolute atomic E-state index is 11.8. The van der Waals surface area contributed by atoms with Gasteiger partial charge in [0.15, 0.2) is 0 Å². The van der Waals surface area contributed by atoms with Crippen molar-refractivity contribution in [3.63, 3.8) is 0 Å². The average molecular weight is 277 g/mol. The van der Waals surface area contributed by atoms with E-state index >= 15 is 0 Å². The fourth-order valence-corrected chi connectivity index (χ4v) is 2.16. The van der Waals surface area contributed by atoms with Crippen molar-refractivity contribution >= 4 is 17.7 Å². The van der Waals surface area contributed by atoms with Gasteiger partial charge in [-0.2, -0.15) is 0 Å². The Kier molecular flexibility index (Phi) is 3.70. The van der Waals surface area contributed by atoms with E-state index in [9.17, 15) is 9.59 Å². The van der Waals surface area contributed by atoms with E-state index in [1.54, 1.807) is 32.9 Å². The van der Waals surface area contributed by atoms with Crippen molar-refractivity contribution < 1.29 is 19.4 Å². The summed E-state index contributed by atoms with van der Waals surface area (Å²) in [6, 6.07) is 7.25. The molecule has 2 atom stereocenters. The van der Waals surface area contributed by atoms with Gasteiger partial charge in [-0.25, -0.2) is 4.79 Å². The monoisotopic (exact) mass is 277 g/mol. The first-order valence-corrected chi connectivity index (χ1v) is 6.59. The van der Waals surface area contributed by atoms with Gasteiger partial charge in [-0.1, -0.05) is 18.2 Å². The summed E-state index contributed by atoms with van der Waals surface area (Å²) in [5, 5.41) is 11.7. The molecule has 0 radical (unpaired) electrons. The van der Waals surface area contributed by atoms with Gasteiger partial charge in [-0.3, -0.25) is 10.1 Å². The van der Waals surface area contributed by atoms with Gasteiger partial charge in [0.2, 0.25) is 0 Å². The molecule has 1 aliphatic rings. The van der Waals surface area contributed by atoms with Crippen LogP contribution in [0.25, 0.3) is 0 Å². The van der Waals surface area contributed by atoms with Crippen molar-refractivity contribution in [2.24, 2.45) is 5.92 Å². The zero-order chi connectivity index (χ0) is 14.9. The molecule has 0 heterocycles. The van der Waals surface area contributed by atoms with Gasteiger partial charge >= 0.3 is 12.1 Å². The Balaban J connectivity index is 2.10. The third-order valence-electron chi connectivity index (χ3n) is 3.10.